The smallest absolute Gasteiger partial charge is 0.220 e. The van der Waals surface area contributed by atoms with Crippen molar-refractivity contribution in [1.82, 2.24) is 24.6 Å². The topological polar surface area (TPSA) is 86.0 Å². The van der Waals surface area contributed by atoms with E-state index < -0.39 is 0 Å². The average molecular weight is 513 g/mol. The van der Waals surface area contributed by atoms with Gasteiger partial charge in [-0.25, -0.2) is 4.98 Å². The summed E-state index contributed by atoms with van der Waals surface area (Å²) in [6.07, 6.45) is 10.0. The van der Waals surface area contributed by atoms with E-state index in [1.54, 1.807) is 0 Å². The third kappa shape index (κ3) is 6.89. The van der Waals surface area contributed by atoms with Crippen LogP contribution < -0.4 is 10.6 Å². The van der Waals surface area contributed by atoms with Gasteiger partial charge in [-0.3, -0.25) is 14.0 Å². The Morgan fingerprint density at radius 3 is 2.68 bits per heavy atom. The zero-order valence-corrected chi connectivity index (χ0v) is 22.0. The van der Waals surface area contributed by atoms with Crippen LogP contribution in [0.25, 0.3) is 16.8 Å². The number of amides is 1. The molecular formula is C30H36N6O2. The van der Waals surface area contributed by atoms with Gasteiger partial charge in [0.25, 0.3) is 0 Å². The molecule has 0 radical (unpaired) electrons. The van der Waals surface area contributed by atoms with E-state index >= 15 is 0 Å². The molecule has 2 aromatic carbocycles. The second-order valence-corrected chi connectivity index (χ2v) is 9.93. The molecule has 1 aliphatic heterocycles. The normalized spacial score (nSPS) is 13.9. The lowest BCUT2D eigenvalue weighted by atomic mass is 10.0. The predicted molar refractivity (Wildman–Crippen MR) is 149 cm³/mol. The van der Waals surface area contributed by atoms with E-state index in [1.165, 1.54) is 0 Å². The Morgan fingerprint density at radius 2 is 1.89 bits per heavy atom. The second-order valence-electron chi connectivity index (χ2n) is 9.93. The van der Waals surface area contributed by atoms with E-state index in [-0.39, 0.29) is 5.91 Å². The van der Waals surface area contributed by atoms with E-state index in [4.69, 9.17) is 9.72 Å². The zero-order chi connectivity index (χ0) is 26.2. The summed E-state index contributed by atoms with van der Waals surface area (Å²) in [5.41, 5.74) is 5.42. The fourth-order valence-corrected chi connectivity index (χ4v) is 4.80. The van der Waals surface area contributed by atoms with Gasteiger partial charge >= 0.3 is 0 Å². The van der Waals surface area contributed by atoms with Crippen molar-refractivity contribution in [3.05, 3.63) is 84.4 Å². The van der Waals surface area contributed by atoms with Gasteiger partial charge in [-0.2, -0.15) is 5.10 Å². The van der Waals surface area contributed by atoms with Gasteiger partial charge < -0.3 is 15.4 Å². The lowest BCUT2D eigenvalue weighted by molar-refractivity contribution is -0.121. The van der Waals surface area contributed by atoms with Crippen LogP contribution in [0.3, 0.4) is 0 Å². The first-order valence-corrected chi connectivity index (χ1v) is 13.4. The molecule has 3 heterocycles. The van der Waals surface area contributed by atoms with Gasteiger partial charge in [0.05, 0.1) is 11.9 Å². The molecule has 4 aromatic rings. The van der Waals surface area contributed by atoms with Gasteiger partial charge in [0.1, 0.15) is 0 Å². The number of aryl methyl sites for hydroxylation is 2. The SMILES string of the molecule is Cn1cc(-c2cccc(CNc3nc(CCCC(=O)NCC4CCOCC4)cn3-c3ccccc3)c2)cn1. The highest BCUT2D eigenvalue weighted by atomic mass is 16.5. The van der Waals surface area contributed by atoms with E-state index in [0.29, 0.717) is 18.9 Å². The lowest BCUT2D eigenvalue weighted by Gasteiger charge is -2.22. The zero-order valence-electron chi connectivity index (χ0n) is 22.0. The Kier molecular flexibility index (Phi) is 8.50. The number of anilines is 1. The van der Waals surface area contributed by atoms with Crippen LogP contribution in [0.1, 0.15) is 36.9 Å². The van der Waals surface area contributed by atoms with Crippen LogP contribution >= 0.6 is 0 Å². The minimum absolute atomic E-state index is 0.117. The molecule has 0 aliphatic carbocycles. The second kappa shape index (κ2) is 12.6. The van der Waals surface area contributed by atoms with Crippen molar-refractivity contribution in [3.8, 4) is 16.8 Å². The maximum atomic E-state index is 12.4. The Morgan fingerprint density at radius 1 is 1.05 bits per heavy atom. The molecule has 198 valence electrons. The van der Waals surface area contributed by atoms with Crippen molar-refractivity contribution in [2.75, 3.05) is 25.1 Å². The van der Waals surface area contributed by atoms with Crippen LogP contribution in [0.5, 0.6) is 0 Å². The predicted octanol–water partition coefficient (Wildman–Crippen LogP) is 4.75. The number of nitrogens with one attached hydrogen (secondary N) is 2. The number of ether oxygens (including phenoxy) is 1. The average Bonchev–Trinajstić information content (AvgIpc) is 3.58. The molecule has 2 aromatic heterocycles. The Balaban J connectivity index is 1.20. The summed E-state index contributed by atoms with van der Waals surface area (Å²) in [4.78, 5) is 17.3. The number of aromatic nitrogens is 4. The van der Waals surface area contributed by atoms with Crippen LogP contribution in [0.4, 0.5) is 5.95 Å². The first kappa shape index (κ1) is 25.7. The summed E-state index contributed by atoms with van der Waals surface area (Å²) >= 11 is 0. The maximum Gasteiger partial charge on any atom is 0.220 e. The fraction of sp³-hybridized carbons (Fsp3) is 0.367. The summed E-state index contributed by atoms with van der Waals surface area (Å²) in [5, 5.41) is 10.9. The number of nitrogens with zero attached hydrogens (tertiary/aromatic N) is 4. The fourth-order valence-electron chi connectivity index (χ4n) is 4.80. The quantitative estimate of drug-likeness (QED) is 0.303. The third-order valence-electron chi connectivity index (χ3n) is 6.97. The van der Waals surface area contributed by atoms with Gasteiger partial charge in [0.15, 0.2) is 0 Å². The number of carbonyl (C=O) groups is 1. The summed E-state index contributed by atoms with van der Waals surface area (Å²) < 4.78 is 9.30. The molecular weight excluding hydrogens is 476 g/mol. The summed E-state index contributed by atoms with van der Waals surface area (Å²) in [5.74, 6) is 1.45. The van der Waals surface area contributed by atoms with Crippen LogP contribution in [-0.4, -0.2) is 45.0 Å². The summed E-state index contributed by atoms with van der Waals surface area (Å²) in [6.45, 7) is 3.00. The highest BCUT2D eigenvalue weighted by molar-refractivity contribution is 5.75. The van der Waals surface area contributed by atoms with E-state index in [2.05, 4.69) is 62.9 Å². The number of benzene rings is 2. The highest BCUT2D eigenvalue weighted by Gasteiger charge is 2.15. The van der Waals surface area contributed by atoms with Crippen LogP contribution in [0.15, 0.2) is 73.2 Å². The largest absolute Gasteiger partial charge is 0.381 e. The standard InChI is InChI=1S/C30H36N6O2/c1-35-21-26(20-33-35)25-8-5-7-24(17-25)19-32-30-34-27(22-36(30)28-10-3-2-4-11-28)9-6-12-29(37)31-18-23-13-15-38-16-14-23/h2-5,7-8,10-11,17,20-23H,6,9,12-16,18-19H2,1H3,(H,31,37)(H,32,34). The van der Waals surface area contributed by atoms with Crippen LogP contribution in [-0.2, 0) is 29.5 Å². The number of imidazole rings is 1. The monoisotopic (exact) mass is 512 g/mol. The number of para-hydroxylation sites is 1. The molecule has 8 nitrogen and oxygen atoms in total. The highest BCUT2D eigenvalue weighted by Crippen LogP contribution is 2.22. The molecule has 0 spiro atoms. The van der Waals surface area contributed by atoms with Crippen molar-refractivity contribution in [2.24, 2.45) is 13.0 Å². The van der Waals surface area contributed by atoms with Crippen molar-refractivity contribution in [2.45, 2.75) is 38.6 Å². The number of hydrogen-bond donors (Lipinski definition) is 2. The number of carbonyl (C=O) groups excluding carboxylic acids is 1. The molecule has 1 fully saturated rings. The molecule has 1 aliphatic rings. The first-order chi connectivity index (χ1) is 18.6. The first-order valence-electron chi connectivity index (χ1n) is 13.4. The van der Waals surface area contributed by atoms with E-state index in [1.807, 2.05) is 42.3 Å². The van der Waals surface area contributed by atoms with Crippen molar-refractivity contribution in [3.63, 3.8) is 0 Å². The van der Waals surface area contributed by atoms with Gasteiger partial charge in [0.2, 0.25) is 11.9 Å². The maximum absolute atomic E-state index is 12.4. The molecule has 2 N–H and O–H groups in total. The number of rotatable bonds is 11. The van der Waals surface area contributed by atoms with Crippen LogP contribution in [0, 0.1) is 5.92 Å². The summed E-state index contributed by atoms with van der Waals surface area (Å²) in [7, 11) is 1.93. The van der Waals surface area contributed by atoms with Gasteiger partial charge in [-0.05, 0) is 60.9 Å². The molecule has 0 atom stereocenters. The Labute approximate surface area is 224 Å². The van der Waals surface area contributed by atoms with Gasteiger partial charge in [0, 0.05) is 63.4 Å². The number of hydrogen-bond acceptors (Lipinski definition) is 5. The van der Waals surface area contributed by atoms with Crippen molar-refractivity contribution in [1.29, 1.82) is 0 Å². The summed E-state index contributed by atoms with van der Waals surface area (Å²) in [6, 6.07) is 18.7. The Bertz CT molecular complexity index is 1320. The third-order valence-corrected chi connectivity index (χ3v) is 6.97. The molecule has 8 heteroatoms. The molecule has 0 saturated carbocycles. The lowest BCUT2D eigenvalue weighted by Crippen LogP contribution is -2.32. The molecule has 0 bridgehead atoms. The molecule has 0 unspecified atom stereocenters. The van der Waals surface area contributed by atoms with Gasteiger partial charge in [-0.15, -0.1) is 0 Å². The Hall–Kier alpha value is -3.91. The molecule has 5 rings (SSSR count). The molecule has 1 amide bonds. The minimum Gasteiger partial charge on any atom is -0.381 e. The minimum atomic E-state index is 0.117. The van der Waals surface area contributed by atoms with E-state index in [0.717, 1.165) is 79.5 Å². The molecule has 1 saturated heterocycles. The molecule has 38 heavy (non-hydrogen) atoms. The van der Waals surface area contributed by atoms with Crippen molar-refractivity contribution < 1.29 is 9.53 Å². The van der Waals surface area contributed by atoms with E-state index in [9.17, 15) is 4.79 Å². The van der Waals surface area contributed by atoms with Crippen molar-refractivity contribution >= 4 is 11.9 Å². The van der Waals surface area contributed by atoms with Crippen LogP contribution in [0.2, 0.25) is 0 Å². The van der Waals surface area contributed by atoms with Gasteiger partial charge in [-0.1, -0.05) is 36.4 Å².